The Balaban J connectivity index is 1.56. The van der Waals surface area contributed by atoms with Crippen LogP contribution in [-0.4, -0.2) is 15.9 Å². The van der Waals surface area contributed by atoms with Crippen molar-refractivity contribution in [3.8, 4) is 28.0 Å². The van der Waals surface area contributed by atoms with Crippen molar-refractivity contribution in [1.82, 2.24) is 9.97 Å². The lowest BCUT2D eigenvalue weighted by Crippen LogP contribution is -2.11. The van der Waals surface area contributed by atoms with Gasteiger partial charge >= 0.3 is 0 Å². The normalized spacial score (nSPS) is 10.2. The average molecular weight is 382 g/mol. The third-order valence-corrected chi connectivity index (χ3v) is 4.92. The highest BCUT2D eigenvalue weighted by molar-refractivity contribution is 7.13. The molecule has 2 aromatic carbocycles. The second-order valence-corrected chi connectivity index (χ2v) is 6.84. The summed E-state index contributed by atoms with van der Waals surface area (Å²) < 4.78 is 0. The summed E-state index contributed by atoms with van der Waals surface area (Å²) in [6, 6.07) is 21.9. The summed E-state index contributed by atoms with van der Waals surface area (Å²) in [6.07, 6.45) is 1.74. The molecule has 1 amide bonds. The highest BCUT2D eigenvalue weighted by Crippen LogP contribution is 2.29. The molecule has 2 heterocycles. The Morgan fingerprint density at radius 3 is 2.71 bits per heavy atom. The summed E-state index contributed by atoms with van der Waals surface area (Å²) >= 11 is 1.53. The summed E-state index contributed by atoms with van der Waals surface area (Å²) in [6.45, 7) is 0. The molecule has 0 spiro atoms. The minimum absolute atomic E-state index is 0.262. The van der Waals surface area contributed by atoms with Gasteiger partial charge in [-0.1, -0.05) is 24.3 Å². The molecule has 0 aliphatic heterocycles. The third-order valence-electron chi connectivity index (χ3n) is 4.06. The zero-order valence-electron chi connectivity index (χ0n) is 14.7. The Hall–Kier alpha value is -3.82. The first-order valence-corrected chi connectivity index (χ1v) is 9.40. The maximum absolute atomic E-state index is 12.5. The van der Waals surface area contributed by atoms with Crippen LogP contribution in [0.4, 0.5) is 5.69 Å². The van der Waals surface area contributed by atoms with E-state index in [-0.39, 0.29) is 5.91 Å². The SMILES string of the molecule is N#Cc1cccc(C(=O)Nc2cccc(-c3csc(-c4ccccn4)n3)c2)c1. The number of hydrogen-bond acceptors (Lipinski definition) is 5. The lowest BCUT2D eigenvalue weighted by molar-refractivity contribution is 0.102. The van der Waals surface area contributed by atoms with Gasteiger partial charge in [-0.05, 0) is 42.5 Å². The Bertz CT molecular complexity index is 1180. The maximum Gasteiger partial charge on any atom is 0.255 e. The van der Waals surface area contributed by atoms with Gasteiger partial charge in [0.1, 0.15) is 5.01 Å². The fourth-order valence-corrected chi connectivity index (χ4v) is 3.51. The Morgan fingerprint density at radius 1 is 1.00 bits per heavy atom. The van der Waals surface area contributed by atoms with Crippen LogP contribution in [0.15, 0.2) is 78.3 Å². The largest absolute Gasteiger partial charge is 0.322 e. The number of nitriles is 1. The van der Waals surface area contributed by atoms with Crippen LogP contribution >= 0.6 is 11.3 Å². The van der Waals surface area contributed by atoms with E-state index in [2.05, 4.69) is 15.3 Å². The van der Waals surface area contributed by atoms with Gasteiger partial charge in [0.15, 0.2) is 0 Å². The summed E-state index contributed by atoms with van der Waals surface area (Å²) in [7, 11) is 0. The lowest BCUT2D eigenvalue weighted by Gasteiger charge is -2.07. The summed E-state index contributed by atoms with van der Waals surface area (Å²) in [5, 5.41) is 14.7. The van der Waals surface area contributed by atoms with Crippen molar-refractivity contribution in [2.24, 2.45) is 0 Å². The Labute approximate surface area is 166 Å². The van der Waals surface area contributed by atoms with Gasteiger partial charge in [-0.25, -0.2) is 4.98 Å². The Morgan fingerprint density at radius 2 is 1.89 bits per heavy atom. The molecule has 0 saturated carbocycles. The molecule has 6 heteroatoms. The zero-order chi connectivity index (χ0) is 19.3. The first-order chi connectivity index (χ1) is 13.7. The van der Waals surface area contributed by atoms with Crippen LogP contribution in [0.1, 0.15) is 15.9 Å². The number of pyridine rings is 1. The molecule has 1 N–H and O–H groups in total. The van der Waals surface area contributed by atoms with Crippen LogP contribution in [-0.2, 0) is 0 Å². The number of aromatic nitrogens is 2. The number of rotatable bonds is 4. The first-order valence-electron chi connectivity index (χ1n) is 8.52. The van der Waals surface area contributed by atoms with E-state index in [0.717, 1.165) is 22.0 Å². The second-order valence-electron chi connectivity index (χ2n) is 5.98. The molecule has 2 aromatic heterocycles. The molecule has 28 heavy (non-hydrogen) atoms. The minimum Gasteiger partial charge on any atom is -0.322 e. The van der Waals surface area contributed by atoms with Crippen LogP contribution in [0, 0.1) is 11.3 Å². The summed E-state index contributed by atoms with van der Waals surface area (Å²) in [5.41, 5.74) is 4.12. The molecule has 0 aliphatic rings. The van der Waals surface area contributed by atoms with E-state index >= 15 is 0 Å². The molecule has 0 unspecified atom stereocenters. The highest BCUT2D eigenvalue weighted by Gasteiger charge is 2.10. The van der Waals surface area contributed by atoms with Crippen molar-refractivity contribution >= 4 is 22.9 Å². The quantitative estimate of drug-likeness (QED) is 0.539. The monoisotopic (exact) mass is 382 g/mol. The van der Waals surface area contributed by atoms with Crippen LogP contribution in [0.5, 0.6) is 0 Å². The average Bonchev–Trinajstić information content (AvgIpc) is 3.25. The fraction of sp³-hybridized carbons (Fsp3) is 0. The van der Waals surface area contributed by atoms with E-state index in [1.54, 1.807) is 30.5 Å². The molecular weight excluding hydrogens is 368 g/mol. The molecule has 0 atom stereocenters. The second kappa shape index (κ2) is 7.82. The summed E-state index contributed by atoms with van der Waals surface area (Å²) in [5.74, 6) is -0.262. The number of nitrogens with one attached hydrogen (secondary N) is 1. The van der Waals surface area contributed by atoms with E-state index in [0.29, 0.717) is 16.8 Å². The van der Waals surface area contributed by atoms with Gasteiger partial charge in [0.2, 0.25) is 0 Å². The number of nitrogens with zero attached hydrogens (tertiary/aromatic N) is 3. The maximum atomic E-state index is 12.5. The minimum atomic E-state index is -0.262. The molecular formula is C22H14N4OS. The zero-order valence-corrected chi connectivity index (χ0v) is 15.5. The molecule has 0 fully saturated rings. The van der Waals surface area contributed by atoms with Gasteiger partial charge in [-0.15, -0.1) is 11.3 Å². The number of amides is 1. The van der Waals surface area contributed by atoms with E-state index in [4.69, 9.17) is 5.26 Å². The number of hydrogen-bond donors (Lipinski definition) is 1. The number of benzene rings is 2. The third kappa shape index (κ3) is 3.80. The molecule has 4 rings (SSSR count). The predicted octanol–water partition coefficient (Wildman–Crippen LogP) is 5.00. The van der Waals surface area contributed by atoms with Gasteiger partial charge in [-0.2, -0.15) is 5.26 Å². The predicted molar refractivity (Wildman–Crippen MR) is 110 cm³/mol. The molecule has 5 nitrogen and oxygen atoms in total. The van der Waals surface area contributed by atoms with Crippen LogP contribution in [0.3, 0.4) is 0 Å². The standard InChI is InChI=1S/C22H14N4OS/c23-13-15-5-3-7-17(11-15)21(27)25-18-8-4-6-16(12-18)20-14-28-22(26-20)19-9-1-2-10-24-19/h1-12,14H,(H,25,27). The van der Waals surface area contributed by atoms with Crippen LogP contribution in [0.25, 0.3) is 22.0 Å². The van der Waals surface area contributed by atoms with E-state index < -0.39 is 0 Å². The van der Waals surface area contributed by atoms with E-state index in [1.807, 2.05) is 53.9 Å². The molecule has 4 aromatic rings. The van der Waals surface area contributed by atoms with E-state index in [9.17, 15) is 4.79 Å². The van der Waals surface area contributed by atoms with Crippen molar-refractivity contribution in [2.45, 2.75) is 0 Å². The fourth-order valence-electron chi connectivity index (χ4n) is 2.70. The van der Waals surface area contributed by atoms with Gasteiger partial charge in [0.25, 0.3) is 5.91 Å². The van der Waals surface area contributed by atoms with E-state index in [1.165, 1.54) is 11.3 Å². The smallest absolute Gasteiger partial charge is 0.255 e. The number of anilines is 1. The molecule has 134 valence electrons. The Kier molecular flexibility index (Phi) is 4.91. The molecule has 0 saturated heterocycles. The van der Waals surface area contributed by atoms with Crippen molar-refractivity contribution in [2.75, 3.05) is 5.32 Å². The number of carbonyl (C=O) groups is 1. The van der Waals surface area contributed by atoms with Gasteiger partial charge < -0.3 is 5.32 Å². The summed E-state index contributed by atoms with van der Waals surface area (Å²) in [4.78, 5) is 21.5. The number of thiazole rings is 1. The van der Waals surface area contributed by atoms with Gasteiger partial charge in [0.05, 0.1) is 23.0 Å². The first kappa shape index (κ1) is 17.6. The molecule has 0 radical (unpaired) electrons. The topological polar surface area (TPSA) is 78.7 Å². The van der Waals surface area contributed by atoms with Crippen molar-refractivity contribution in [1.29, 1.82) is 5.26 Å². The molecule has 0 bridgehead atoms. The van der Waals surface area contributed by atoms with Gasteiger partial charge in [-0.3, -0.25) is 9.78 Å². The number of carbonyl (C=O) groups excluding carboxylic acids is 1. The van der Waals surface area contributed by atoms with Crippen molar-refractivity contribution in [3.05, 3.63) is 89.4 Å². The van der Waals surface area contributed by atoms with Crippen LogP contribution in [0.2, 0.25) is 0 Å². The van der Waals surface area contributed by atoms with Crippen molar-refractivity contribution in [3.63, 3.8) is 0 Å². The highest BCUT2D eigenvalue weighted by atomic mass is 32.1. The molecule has 0 aliphatic carbocycles. The van der Waals surface area contributed by atoms with Crippen molar-refractivity contribution < 1.29 is 4.79 Å². The van der Waals surface area contributed by atoms with Gasteiger partial charge in [0, 0.05) is 28.4 Å². The lowest BCUT2D eigenvalue weighted by atomic mass is 10.1. The van der Waals surface area contributed by atoms with Crippen LogP contribution < -0.4 is 5.32 Å².